The number of rotatable bonds is 7. The second-order valence-electron chi connectivity index (χ2n) is 4.22. The van der Waals surface area contributed by atoms with Gasteiger partial charge in [0.2, 0.25) is 5.78 Å². The Hall–Kier alpha value is -1.57. The van der Waals surface area contributed by atoms with Gasteiger partial charge in [-0.1, -0.05) is 0 Å². The van der Waals surface area contributed by atoms with E-state index in [4.69, 9.17) is 15.5 Å². The fourth-order valence-corrected chi connectivity index (χ4v) is 3.05. The fraction of sp³-hybridized carbons (Fsp3) is 0.385. The van der Waals surface area contributed by atoms with Gasteiger partial charge in [0.05, 0.1) is 24.8 Å². The predicted octanol–water partition coefficient (Wildman–Crippen LogP) is 1.64. The molecule has 0 bridgehead atoms. The normalized spacial score (nSPS) is 10.7. The number of ketones is 1. The van der Waals surface area contributed by atoms with Crippen molar-refractivity contribution in [3.8, 4) is 6.07 Å². The molecule has 0 spiro atoms. The molecule has 0 amide bonds. The molecule has 1 rings (SSSR count). The number of nitrogens with zero attached hydrogens (tertiary/aromatic N) is 1. The molecule has 0 unspecified atom stereocenters. The van der Waals surface area contributed by atoms with E-state index in [9.17, 15) is 22.1 Å². The van der Waals surface area contributed by atoms with E-state index in [1.54, 1.807) is 24.3 Å². The van der Waals surface area contributed by atoms with Crippen LogP contribution in [0, 0.1) is 11.3 Å². The number of Topliss-reactive ketones (excluding diaryl/α,β-unsaturated/α-hetero) is 1. The van der Waals surface area contributed by atoms with Gasteiger partial charge in [-0.15, -0.1) is 0 Å². The molecule has 128 valence electrons. The van der Waals surface area contributed by atoms with E-state index in [-0.39, 0.29) is 29.9 Å². The Balaban J connectivity index is 0.000000841. The lowest BCUT2D eigenvalue weighted by Crippen LogP contribution is -2.25. The Morgan fingerprint density at radius 1 is 1.09 bits per heavy atom. The molecular weight excluding hydrogens is 337 g/mol. The van der Waals surface area contributed by atoms with E-state index in [1.165, 1.54) is 0 Å². The average Bonchev–Trinajstić information content (AvgIpc) is 2.46. The van der Waals surface area contributed by atoms with Crippen LogP contribution in [0.25, 0.3) is 0 Å². The molecule has 23 heavy (non-hydrogen) atoms. The molecule has 10 heteroatoms. The van der Waals surface area contributed by atoms with E-state index in [0.29, 0.717) is 28.4 Å². The zero-order chi connectivity index (χ0) is 17.9. The SMILES string of the molecule is F[B-](F)(F)F.N#Cc1ccc(C(=O)C[S+](CCO)CCO)cc1. The third-order valence-electron chi connectivity index (χ3n) is 2.43. The lowest BCUT2D eigenvalue weighted by Gasteiger charge is -2.05. The van der Waals surface area contributed by atoms with Crippen molar-refractivity contribution in [2.24, 2.45) is 0 Å². The minimum atomic E-state index is -6.00. The van der Waals surface area contributed by atoms with Gasteiger partial charge in [-0.05, 0) is 24.3 Å². The minimum Gasteiger partial charge on any atom is -0.418 e. The first-order valence-corrected chi connectivity index (χ1v) is 8.21. The van der Waals surface area contributed by atoms with E-state index in [0.717, 1.165) is 0 Å². The zero-order valence-electron chi connectivity index (χ0n) is 12.1. The first-order valence-electron chi connectivity index (χ1n) is 6.47. The molecule has 0 aliphatic rings. The van der Waals surface area contributed by atoms with Crippen LogP contribution >= 0.6 is 0 Å². The number of halogens is 4. The Bertz CT molecular complexity index is 507. The second kappa shape index (κ2) is 11.0. The smallest absolute Gasteiger partial charge is 0.418 e. The Morgan fingerprint density at radius 2 is 1.52 bits per heavy atom. The summed E-state index contributed by atoms with van der Waals surface area (Å²) in [7, 11) is -6.28. The van der Waals surface area contributed by atoms with E-state index < -0.39 is 7.25 Å². The summed E-state index contributed by atoms with van der Waals surface area (Å²) in [6.45, 7) is 0.0630. The maximum Gasteiger partial charge on any atom is 0.673 e. The lowest BCUT2D eigenvalue weighted by molar-refractivity contribution is 0.102. The molecule has 0 fully saturated rings. The number of aliphatic hydroxyl groups is 2. The molecule has 0 heterocycles. The number of hydrogen-bond donors (Lipinski definition) is 2. The second-order valence-corrected chi connectivity index (χ2v) is 6.55. The third-order valence-corrected chi connectivity index (χ3v) is 4.62. The molecule has 1 aromatic rings. The van der Waals surface area contributed by atoms with Crippen LogP contribution in [-0.4, -0.2) is 53.7 Å². The molecule has 2 N–H and O–H groups in total. The first-order chi connectivity index (χ1) is 10.7. The van der Waals surface area contributed by atoms with Crippen LogP contribution in [-0.2, 0) is 10.9 Å². The molecular formula is C13H16BF4NO3S. The summed E-state index contributed by atoms with van der Waals surface area (Å²) in [6.07, 6.45) is 0. The van der Waals surface area contributed by atoms with Gasteiger partial charge >= 0.3 is 7.25 Å². The van der Waals surface area contributed by atoms with Crippen molar-refractivity contribution in [3.05, 3.63) is 35.4 Å². The largest absolute Gasteiger partial charge is 0.673 e. The number of carbonyl (C=O) groups excluding carboxylic acids is 1. The predicted molar refractivity (Wildman–Crippen MR) is 81.8 cm³/mol. The molecule has 4 nitrogen and oxygen atoms in total. The molecule has 0 atom stereocenters. The Morgan fingerprint density at radius 3 is 1.87 bits per heavy atom. The van der Waals surface area contributed by atoms with Gasteiger partial charge in [0.1, 0.15) is 11.5 Å². The summed E-state index contributed by atoms with van der Waals surface area (Å²) < 4.78 is 39.0. The Labute approximate surface area is 134 Å². The van der Waals surface area contributed by atoms with Crippen LogP contribution in [0.1, 0.15) is 15.9 Å². The summed E-state index contributed by atoms with van der Waals surface area (Å²) in [5, 5.41) is 26.4. The van der Waals surface area contributed by atoms with Crippen LogP contribution in [0.3, 0.4) is 0 Å². The highest BCUT2D eigenvalue weighted by molar-refractivity contribution is 7.97. The van der Waals surface area contributed by atoms with E-state index in [2.05, 4.69) is 0 Å². The molecule has 0 aliphatic carbocycles. The zero-order valence-corrected chi connectivity index (χ0v) is 12.9. The highest BCUT2D eigenvalue weighted by Gasteiger charge is 2.22. The fourth-order valence-electron chi connectivity index (χ4n) is 1.50. The first kappa shape index (κ1) is 21.4. The lowest BCUT2D eigenvalue weighted by atomic mass is 10.1. The summed E-state index contributed by atoms with van der Waals surface area (Å²) in [4.78, 5) is 12.0. The topological polar surface area (TPSA) is 81.3 Å². The molecule has 0 saturated heterocycles. The summed E-state index contributed by atoms with van der Waals surface area (Å²) in [5.41, 5.74) is 1.10. The monoisotopic (exact) mass is 353 g/mol. The quantitative estimate of drug-likeness (QED) is 0.338. The molecule has 0 saturated carbocycles. The van der Waals surface area contributed by atoms with Crippen LogP contribution < -0.4 is 0 Å². The summed E-state index contributed by atoms with van der Waals surface area (Å²) >= 11 is 0. The minimum absolute atomic E-state index is 0.00952. The van der Waals surface area contributed by atoms with Crippen molar-refractivity contribution in [1.29, 1.82) is 5.26 Å². The van der Waals surface area contributed by atoms with Gasteiger partial charge in [0.25, 0.3) is 0 Å². The number of nitriles is 1. The van der Waals surface area contributed by atoms with Crippen LogP contribution in [0.4, 0.5) is 17.3 Å². The average molecular weight is 353 g/mol. The van der Waals surface area contributed by atoms with Crippen LogP contribution in [0.15, 0.2) is 24.3 Å². The van der Waals surface area contributed by atoms with Gasteiger partial charge in [-0.25, -0.2) is 0 Å². The molecule has 0 radical (unpaired) electrons. The maximum atomic E-state index is 12.0. The summed E-state index contributed by atoms with van der Waals surface area (Å²) in [5.74, 6) is 1.42. The van der Waals surface area contributed by atoms with Gasteiger partial charge in [0, 0.05) is 16.5 Å². The van der Waals surface area contributed by atoms with Gasteiger partial charge in [-0.2, -0.15) is 5.26 Å². The molecule has 0 aromatic heterocycles. The van der Waals surface area contributed by atoms with E-state index in [1.807, 2.05) is 6.07 Å². The highest BCUT2D eigenvalue weighted by atomic mass is 32.2. The van der Waals surface area contributed by atoms with Gasteiger partial charge in [0.15, 0.2) is 5.75 Å². The van der Waals surface area contributed by atoms with Gasteiger partial charge in [-0.3, -0.25) is 4.79 Å². The molecule has 0 aliphatic heterocycles. The third kappa shape index (κ3) is 11.6. The number of hydrogen-bond acceptors (Lipinski definition) is 4. The van der Waals surface area contributed by atoms with Crippen molar-refractivity contribution >= 4 is 23.9 Å². The van der Waals surface area contributed by atoms with Crippen LogP contribution in [0.2, 0.25) is 0 Å². The molecule has 1 aromatic carbocycles. The Kier molecular flexibility index (Phi) is 10.3. The number of benzene rings is 1. The standard InChI is InChI=1S/C13H16NO3S.BF4/c14-9-11-1-3-12(4-2-11)13(17)10-18(7-5-15)8-6-16;2-1(3,4)5/h1-4,15-16H,5-8,10H2;/q+1;-1. The van der Waals surface area contributed by atoms with Crippen molar-refractivity contribution < 1.29 is 32.3 Å². The van der Waals surface area contributed by atoms with Crippen molar-refractivity contribution in [3.63, 3.8) is 0 Å². The maximum absolute atomic E-state index is 12.0. The van der Waals surface area contributed by atoms with Gasteiger partial charge < -0.3 is 27.5 Å². The van der Waals surface area contributed by atoms with Crippen LogP contribution in [0.5, 0.6) is 0 Å². The van der Waals surface area contributed by atoms with Crippen molar-refractivity contribution in [2.75, 3.05) is 30.5 Å². The number of carbonyl (C=O) groups is 1. The number of aliphatic hydroxyl groups excluding tert-OH is 2. The highest BCUT2D eigenvalue weighted by Crippen LogP contribution is 2.08. The van der Waals surface area contributed by atoms with Crippen molar-refractivity contribution in [2.45, 2.75) is 0 Å². The van der Waals surface area contributed by atoms with E-state index >= 15 is 0 Å². The van der Waals surface area contributed by atoms with Crippen molar-refractivity contribution in [1.82, 2.24) is 0 Å². The summed E-state index contributed by atoms with van der Waals surface area (Å²) in [6, 6.07) is 8.51.